The van der Waals surface area contributed by atoms with Gasteiger partial charge in [-0.1, -0.05) is 0 Å². The SMILES string of the molecule is NNc1cnc([N+](=O)[O-])cc1C(=O)NCCC(F)(F)F. The first-order valence-electron chi connectivity index (χ1n) is 5.20. The van der Waals surface area contributed by atoms with Crippen LogP contribution < -0.4 is 16.6 Å². The highest BCUT2D eigenvalue weighted by Gasteiger charge is 2.27. The number of nitrogens with two attached hydrogens (primary N) is 1. The molecule has 0 saturated carbocycles. The van der Waals surface area contributed by atoms with Gasteiger partial charge >= 0.3 is 12.0 Å². The number of amides is 1. The molecular weight excluding hydrogens is 283 g/mol. The van der Waals surface area contributed by atoms with Crippen LogP contribution in [0.2, 0.25) is 0 Å². The minimum absolute atomic E-state index is 0.0416. The maximum Gasteiger partial charge on any atom is 0.390 e. The second-order valence-electron chi connectivity index (χ2n) is 3.61. The first kappa shape index (κ1) is 15.6. The molecule has 0 aliphatic carbocycles. The van der Waals surface area contributed by atoms with Gasteiger partial charge in [0.25, 0.3) is 5.91 Å². The molecule has 0 aliphatic heterocycles. The Kier molecular flexibility index (Phi) is 4.80. The zero-order valence-corrected chi connectivity index (χ0v) is 9.90. The molecule has 20 heavy (non-hydrogen) atoms. The van der Waals surface area contributed by atoms with E-state index in [9.17, 15) is 28.1 Å². The number of nitrogens with zero attached hydrogens (tertiary/aromatic N) is 2. The van der Waals surface area contributed by atoms with Gasteiger partial charge in [-0.25, -0.2) is 0 Å². The Labute approximate surface area is 110 Å². The number of carbonyl (C=O) groups excluding carboxylic acids is 1. The van der Waals surface area contributed by atoms with Crippen molar-refractivity contribution in [3.05, 3.63) is 27.9 Å². The molecule has 0 spiro atoms. The van der Waals surface area contributed by atoms with Crippen molar-refractivity contribution in [3.8, 4) is 0 Å². The van der Waals surface area contributed by atoms with Gasteiger partial charge in [0.1, 0.15) is 5.69 Å². The van der Waals surface area contributed by atoms with E-state index in [1.165, 1.54) is 0 Å². The van der Waals surface area contributed by atoms with Gasteiger partial charge in [-0.3, -0.25) is 10.6 Å². The van der Waals surface area contributed by atoms with E-state index in [0.29, 0.717) is 0 Å². The first-order chi connectivity index (χ1) is 9.24. The second-order valence-corrected chi connectivity index (χ2v) is 3.61. The minimum Gasteiger partial charge on any atom is -0.358 e. The van der Waals surface area contributed by atoms with E-state index < -0.39 is 35.8 Å². The summed E-state index contributed by atoms with van der Waals surface area (Å²) in [5, 5.41) is 12.5. The van der Waals surface area contributed by atoms with Crippen LogP contribution in [-0.2, 0) is 0 Å². The Hall–Kier alpha value is -2.43. The van der Waals surface area contributed by atoms with Crippen molar-refractivity contribution >= 4 is 17.4 Å². The number of nitrogen functional groups attached to an aromatic ring is 1. The molecule has 1 aromatic rings. The van der Waals surface area contributed by atoms with Gasteiger partial charge < -0.3 is 20.9 Å². The van der Waals surface area contributed by atoms with Crippen LogP contribution >= 0.6 is 0 Å². The van der Waals surface area contributed by atoms with Crippen molar-refractivity contribution in [3.63, 3.8) is 0 Å². The molecule has 0 aliphatic rings. The molecule has 11 heteroatoms. The fourth-order valence-corrected chi connectivity index (χ4v) is 1.26. The Balaban J connectivity index is 2.85. The molecule has 0 saturated heterocycles. The number of rotatable bonds is 5. The van der Waals surface area contributed by atoms with E-state index in [4.69, 9.17) is 5.84 Å². The fourth-order valence-electron chi connectivity index (χ4n) is 1.26. The number of hydrogen-bond acceptors (Lipinski definition) is 6. The lowest BCUT2D eigenvalue weighted by atomic mass is 10.2. The highest BCUT2D eigenvalue weighted by molar-refractivity contribution is 5.99. The molecule has 0 radical (unpaired) electrons. The summed E-state index contributed by atoms with van der Waals surface area (Å²) in [6, 6.07) is 0.818. The topological polar surface area (TPSA) is 123 Å². The van der Waals surface area contributed by atoms with Crippen LogP contribution in [0.5, 0.6) is 0 Å². The second kappa shape index (κ2) is 6.14. The van der Waals surface area contributed by atoms with Crippen molar-refractivity contribution in [1.82, 2.24) is 10.3 Å². The van der Waals surface area contributed by atoms with Gasteiger partial charge in [-0.15, -0.1) is 0 Å². The largest absolute Gasteiger partial charge is 0.390 e. The number of carbonyl (C=O) groups is 1. The van der Waals surface area contributed by atoms with Crippen LogP contribution in [0.3, 0.4) is 0 Å². The van der Waals surface area contributed by atoms with Gasteiger partial charge in [-0.05, 0) is 9.91 Å². The Morgan fingerprint density at radius 2 is 2.15 bits per heavy atom. The Bertz CT molecular complexity index is 520. The van der Waals surface area contributed by atoms with E-state index in [1.54, 1.807) is 0 Å². The average Bonchev–Trinajstić information content (AvgIpc) is 2.36. The minimum atomic E-state index is -4.41. The standard InChI is InChI=1S/C9H10F3N5O3/c10-9(11,12)1-2-14-8(18)5-3-7(17(19)20)15-4-6(5)16-13/h3-4,16H,1-2,13H2,(H,14,18). The summed E-state index contributed by atoms with van der Waals surface area (Å²) < 4.78 is 35.8. The summed E-state index contributed by atoms with van der Waals surface area (Å²) in [6.45, 7) is -0.650. The maximum atomic E-state index is 11.9. The third-order valence-electron chi connectivity index (χ3n) is 2.17. The summed E-state index contributed by atoms with van der Waals surface area (Å²) in [7, 11) is 0. The third-order valence-corrected chi connectivity index (χ3v) is 2.17. The molecule has 8 nitrogen and oxygen atoms in total. The zero-order chi connectivity index (χ0) is 15.3. The van der Waals surface area contributed by atoms with Crippen LogP contribution in [0.15, 0.2) is 12.3 Å². The Morgan fingerprint density at radius 1 is 1.50 bits per heavy atom. The lowest BCUT2D eigenvalue weighted by Crippen LogP contribution is -2.29. The molecular formula is C9H10F3N5O3. The predicted molar refractivity (Wildman–Crippen MR) is 61.7 cm³/mol. The van der Waals surface area contributed by atoms with E-state index in [-0.39, 0.29) is 11.3 Å². The molecule has 4 N–H and O–H groups in total. The fraction of sp³-hybridized carbons (Fsp3) is 0.333. The Morgan fingerprint density at radius 3 is 2.65 bits per heavy atom. The highest BCUT2D eigenvalue weighted by atomic mass is 19.4. The third kappa shape index (κ3) is 4.35. The molecule has 110 valence electrons. The number of pyridine rings is 1. The van der Waals surface area contributed by atoms with Gasteiger partial charge in [-0.2, -0.15) is 13.2 Å². The van der Waals surface area contributed by atoms with Crippen molar-refractivity contribution in [1.29, 1.82) is 0 Å². The molecule has 0 bridgehead atoms. The number of halogens is 3. The number of hydrogen-bond donors (Lipinski definition) is 3. The number of aromatic nitrogens is 1. The summed E-state index contributed by atoms with van der Waals surface area (Å²) >= 11 is 0. The number of anilines is 1. The van der Waals surface area contributed by atoms with Gasteiger partial charge in [0.05, 0.1) is 18.1 Å². The van der Waals surface area contributed by atoms with E-state index >= 15 is 0 Å². The van der Waals surface area contributed by atoms with E-state index in [2.05, 4.69) is 10.4 Å². The van der Waals surface area contributed by atoms with Crippen LogP contribution in [0, 0.1) is 10.1 Å². The van der Waals surface area contributed by atoms with Gasteiger partial charge in [0, 0.05) is 6.54 Å². The molecule has 0 fully saturated rings. The molecule has 1 amide bonds. The number of nitrogens with one attached hydrogen (secondary N) is 2. The summed E-state index contributed by atoms with van der Waals surface area (Å²) in [5.74, 6) is 3.55. The lowest BCUT2D eigenvalue weighted by molar-refractivity contribution is -0.389. The van der Waals surface area contributed by atoms with Crippen molar-refractivity contribution < 1.29 is 22.9 Å². The molecule has 0 unspecified atom stereocenters. The summed E-state index contributed by atoms with van der Waals surface area (Å²) in [6.07, 6.45) is -4.68. The van der Waals surface area contributed by atoms with Crippen molar-refractivity contribution in [2.45, 2.75) is 12.6 Å². The van der Waals surface area contributed by atoms with Crippen LogP contribution in [0.1, 0.15) is 16.8 Å². The molecule has 1 heterocycles. The van der Waals surface area contributed by atoms with E-state index in [0.717, 1.165) is 12.3 Å². The average molecular weight is 293 g/mol. The summed E-state index contributed by atoms with van der Waals surface area (Å²) in [4.78, 5) is 24.8. The van der Waals surface area contributed by atoms with Crippen LogP contribution in [0.25, 0.3) is 0 Å². The normalized spacial score (nSPS) is 11.0. The lowest BCUT2D eigenvalue weighted by Gasteiger charge is -2.09. The number of nitro groups is 1. The molecule has 1 aromatic heterocycles. The molecule has 0 aromatic carbocycles. The monoisotopic (exact) mass is 293 g/mol. The van der Waals surface area contributed by atoms with Crippen molar-refractivity contribution in [2.75, 3.05) is 12.0 Å². The summed E-state index contributed by atoms with van der Waals surface area (Å²) in [5.41, 5.74) is 1.77. The number of alkyl halides is 3. The first-order valence-corrected chi connectivity index (χ1v) is 5.20. The molecule has 0 atom stereocenters. The van der Waals surface area contributed by atoms with Crippen LogP contribution in [-0.4, -0.2) is 28.5 Å². The van der Waals surface area contributed by atoms with E-state index in [1.807, 2.05) is 5.32 Å². The van der Waals surface area contributed by atoms with Gasteiger partial charge in [0.2, 0.25) is 0 Å². The zero-order valence-electron chi connectivity index (χ0n) is 9.90. The predicted octanol–water partition coefficient (Wildman–Crippen LogP) is 0.958. The number of hydrazine groups is 1. The van der Waals surface area contributed by atoms with Gasteiger partial charge in [0.15, 0.2) is 6.20 Å². The van der Waals surface area contributed by atoms with Crippen molar-refractivity contribution in [2.24, 2.45) is 5.84 Å². The smallest absolute Gasteiger partial charge is 0.358 e. The highest BCUT2D eigenvalue weighted by Crippen LogP contribution is 2.20. The maximum absolute atomic E-state index is 11.9. The van der Waals surface area contributed by atoms with Crippen LogP contribution in [0.4, 0.5) is 24.7 Å². The molecule has 1 rings (SSSR count). The quantitative estimate of drug-likeness (QED) is 0.422.